The number of rotatable bonds is 4. The fourth-order valence-corrected chi connectivity index (χ4v) is 3.76. The molecule has 0 aliphatic carbocycles. The van der Waals surface area contributed by atoms with Gasteiger partial charge in [-0.25, -0.2) is 0 Å². The fourth-order valence-electron chi connectivity index (χ4n) is 3.24. The summed E-state index contributed by atoms with van der Waals surface area (Å²) in [5, 5.41) is 4.39. The van der Waals surface area contributed by atoms with E-state index in [0.29, 0.717) is 28.0 Å². The molecule has 0 saturated heterocycles. The number of fused-ring (bicyclic) bond motifs is 1. The number of carbonyl (C=O) groups is 1. The Bertz CT molecular complexity index is 841. The summed E-state index contributed by atoms with van der Waals surface area (Å²) in [6, 6.07) is 8.29. The molecule has 2 aromatic carbocycles. The highest BCUT2D eigenvalue weighted by molar-refractivity contribution is 6.35. The van der Waals surface area contributed by atoms with Crippen LogP contribution in [0.3, 0.4) is 0 Å². The van der Waals surface area contributed by atoms with E-state index in [1.54, 1.807) is 26.4 Å². The Hall–Kier alpha value is -1.95. The highest BCUT2D eigenvalue weighted by atomic mass is 35.5. The van der Waals surface area contributed by atoms with Crippen molar-refractivity contribution in [3.8, 4) is 11.5 Å². The predicted octanol–water partition coefficient (Wildman–Crippen LogP) is 4.81. The number of esters is 1. The lowest BCUT2D eigenvalue weighted by Gasteiger charge is -2.33. The molecule has 1 heterocycles. The van der Waals surface area contributed by atoms with Gasteiger partial charge in [-0.15, -0.1) is 0 Å². The zero-order chi connectivity index (χ0) is 20.8. The molecule has 1 aliphatic rings. The van der Waals surface area contributed by atoms with Crippen molar-refractivity contribution < 1.29 is 19.0 Å². The second kappa shape index (κ2) is 10.0. The van der Waals surface area contributed by atoms with Crippen molar-refractivity contribution in [2.75, 3.05) is 21.3 Å². The summed E-state index contributed by atoms with van der Waals surface area (Å²) < 4.78 is 15.8. The molecule has 1 aliphatic heterocycles. The zero-order valence-corrected chi connectivity index (χ0v) is 18.1. The van der Waals surface area contributed by atoms with Crippen LogP contribution in [0.25, 0.3) is 0 Å². The first-order valence-corrected chi connectivity index (χ1v) is 9.77. The lowest BCUT2D eigenvalue weighted by molar-refractivity contribution is -0.143. The van der Waals surface area contributed by atoms with E-state index in [4.69, 9.17) is 37.4 Å². The molecule has 7 heteroatoms. The van der Waals surface area contributed by atoms with E-state index in [2.05, 4.69) is 5.32 Å². The molecule has 2 unspecified atom stereocenters. The van der Waals surface area contributed by atoms with Crippen molar-refractivity contribution in [1.29, 1.82) is 0 Å². The molecular weight excluding hydrogens is 401 g/mol. The molecule has 2 atom stereocenters. The number of hydrogen-bond donors (Lipinski definition) is 1. The molecule has 28 heavy (non-hydrogen) atoms. The highest BCUT2D eigenvalue weighted by Crippen LogP contribution is 2.40. The van der Waals surface area contributed by atoms with E-state index in [9.17, 15) is 4.79 Å². The molecule has 2 aromatic rings. The Kier molecular flexibility index (Phi) is 7.98. The van der Waals surface area contributed by atoms with E-state index in [0.717, 1.165) is 16.7 Å². The maximum absolute atomic E-state index is 12.2. The first kappa shape index (κ1) is 22.3. The summed E-state index contributed by atoms with van der Waals surface area (Å²) in [6.07, 6.45) is 0.476. The van der Waals surface area contributed by atoms with Crippen molar-refractivity contribution in [3.63, 3.8) is 0 Å². The van der Waals surface area contributed by atoms with Crippen molar-refractivity contribution in [2.45, 2.75) is 32.4 Å². The minimum Gasteiger partial charge on any atom is -0.493 e. The van der Waals surface area contributed by atoms with Crippen molar-refractivity contribution in [1.82, 2.24) is 5.32 Å². The predicted molar refractivity (Wildman–Crippen MR) is 112 cm³/mol. The van der Waals surface area contributed by atoms with Crippen LogP contribution in [0.1, 0.15) is 36.6 Å². The van der Waals surface area contributed by atoms with Crippen LogP contribution in [0.15, 0.2) is 30.3 Å². The third-order valence-electron chi connectivity index (χ3n) is 4.51. The Morgan fingerprint density at radius 3 is 2.21 bits per heavy atom. The van der Waals surface area contributed by atoms with E-state index in [1.165, 1.54) is 7.11 Å². The number of benzene rings is 2. The first-order valence-electron chi connectivity index (χ1n) is 9.02. The van der Waals surface area contributed by atoms with E-state index >= 15 is 0 Å². The number of ether oxygens (including phenoxy) is 3. The molecule has 0 radical (unpaired) electrons. The van der Waals surface area contributed by atoms with Crippen LogP contribution in [0.4, 0.5) is 0 Å². The number of methoxy groups -OCH3 is 3. The van der Waals surface area contributed by atoms with Crippen LogP contribution in [-0.4, -0.2) is 33.3 Å². The number of nitrogens with one attached hydrogen (secondary N) is 1. The number of halogens is 2. The molecule has 0 fully saturated rings. The largest absolute Gasteiger partial charge is 0.493 e. The SMILES string of the molecule is CC.COC(=O)C1Cc2cc(OC)c(OC)cc2C(c2ccc(Cl)cc2Cl)N1. The third kappa shape index (κ3) is 4.54. The highest BCUT2D eigenvalue weighted by Gasteiger charge is 2.34. The number of hydrogen-bond acceptors (Lipinski definition) is 5. The summed E-state index contributed by atoms with van der Waals surface area (Å²) in [4.78, 5) is 12.2. The summed E-state index contributed by atoms with van der Waals surface area (Å²) in [6.45, 7) is 4.00. The van der Waals surface area contributed by atoms with Crippen LogP contribution < -0.4 is 14.8 Å². The summed E-state index contributed by atoms with van der Waals surface area (Å²) in [5.74, 6) is 0.887. The van der Waals surface area contributed by atoms with Crippen molar-refractivity contribution >= 4 is 29.2 Å². The van der Waals surface area contributed by atoms with Crippen LogP contribution >= 0.6 is 23.2 Å². The zero-order valence-electron chi connectivity index (χ0n) is 16.6. The Labute approximate surface area is 175 Å². The van der Waals surface area contributed by atoms with E-state index in [1.807, 2.05) is 32.0 Å². The van der Waals surface area contributed by atoms with Gasteiger partial charge >= 0.3 is 5.97 Å². The topological polar surface area (TPSA) is 56.8 Å². The lowest BCUT2D eigenvalue weighted by Crippen LogP contribution is -2.45. The Morgan fingerprint density at radius 1 is 1.00 bits per heavy atom. The van der Waals surface area contributed by atoms with Crippen molar-refractivity contribution in [2.24, 2.45) is 0 Å². The number of carbonyl (C=O) groups excluding carboxylic acids is 1. The van der Waals surface area contributed by atoms with Crippen molar-refractivity contribution in [3.05, 3.63) is 57.1 Å². The molecule has 0 aromatic heterocycles. The second-order valence-corrected chi connectivity index (χ2v) is 6.80. The molecule has 0 bridgehead atoms. The van der Waals surface area contributed by atoms with Gasteiger partial charge in [-0.2, -0.15) is 0 Å². The van der Waals surface area contributed by atoms with Gasteiger partial charge in [0.2, 0.25) is 0 Å². The molecule has 0 spiro atoms. The quantitative estimate of drug-likeness (QED) is 0.711. The van der Waals surface area contributed by atoms with Gasteiger partial charge < -0.3 is 14.2 Å². The molecule has 152 valence electrons. The lowest BCUT2D eigenvalue weighted by atomic mass is 9.86. The first-order chi connectivity index (χ1) is 13.5. The van der Waals surface area contributed by atoms with Crippen LogP contribution in [0, 0.1) is 0 Å². The minimum absolute atomic E-state index is 0.313. The van der Waals surface area contributed by atoms with Gasteiger partial charge in [0.25, 0.3) is 0 Å². The molecule has 1 N–H and O–H groups in total. The fraction of sp³-hybridized carbons (Fsp3) is 0.381. The van der Waals surface area contributed by atoms with Gasteiger partial charge in [-0.05, 0) is 47.4 Å². The van der Waals surface area contributed by atoms with Crippen LogP contribution in [-0.2, 0) is 16.0 Å². The maximum atomic E-state index is 12.2. The molecule has 0 amide bonds. The monoisotopic (exact) mass is 425 g/mol. The van der Waals surface area contributed by atoms with E-state index in [-0.39, 0.29) is 12.0 Å². The third-order valence-corrected chi connectivity index (χ3v) is 5.07. The Balaban J connectivity index is 0.00000136. The minimum atomic E-state index is -0.498. The normalized spacial score (nSPS) is 17.7. The van der Waals surface area contributed by atoms with Crippen LogP contribution in [0.5, 0.6) is 11.5 Å². The van der Waals surface area contributed by atoms with Gasteiger partial charge in [0, 0.05) is 10.0 Å². The molecular formula is C21H25Cl2NO4. The Morgan fingerprint density at radius 2 is 1.64 bits per heavy atom. The molecule has 3 rings (SSSR count). The molecule has 0 saturated carbocycles. The smallest absolute Gasteiger partial charge is 0.323 e. The van der Waals surface area contributed by atoms with E-state index < -0.39 is 6.04 Å². The average molecular weight is 426 g/mol. The van der Waals surface area contributed by atoms with Gasteiger partial charge in [0.15, 0.2) is 11.5 Å². The summed E-state index contributed by atoms with van der Waals surface area (Å²) >= 11 is 12.5. The summed E-state index contributed by atoms with van der Waals surface area (Å²) in [5.41, 5.74) is 2.75. The van der Waals surface area contributed by atoms with Crippen LogP contribution in [0.2, 0.25) is 10.0 Å². The van der Waals surface area contributed by atoms with Gasteiger partial charge in [0.05, 0.1) is 27.4 Å². The van der Waals surface area contributed by atoms with Gasteiger partial charge in [-0.1, -0.05) is 43.1 Å². The average Bonchev–Trinajstić information content (AvgIpc) is 2.72. The second-order valence-electron chi connectivity index (χ2n) is 5.95. The van der Waals surface area contributed by atoms with Gasteiger partial charge in [0.1, 0.15) is 6.04 Å². The maximum Gasteiger partial charge on any atom is 0.323 e. The standard InChI is InChI=1S/C19H19Cl2NO4.C2H6/c1-24-16-7-10-6-15(19(23)26-3)22-18(13(10)9-17(16)25-2)12-5-4-11(20)8-14(12)21;1-2/h4-5,7-9,15,18,22H,6H2,1-3H3;1-2H3. The molecule has 5 nitrogen and oxygen atoms in total. The summed E-state index contributed by atoms with van der Waals surface area (Å²) in [7, 11) is 4.54. The van der Waals surface area contributed by atoms with Gasteiger partial charge in [-0.3, -0.25) is 10.1 Å².